The monoisotopic (exact) mass is 215 g/mol. The summed E-state index contributed by atoms with van der Waals surface area (Å²) in [6, 6.07) is 7.34. The van der Waals surface area contributed by atoms with Crippen LogP contribution in [0.2, 0.25) is 0 Å². The van der Waals surface area contributed by atoms with Gasteiger partial charge >= 0.3 is 29.6 Å². The smallest absolute Gasteiger partial charge is 0.548 e. The predicted octanol–water partition coefficient (Wildman–Crippen LogP) is -3.38. The first kappa shape index (κ1) is 14.2. The van der Waals surface area contributed by atoms with Gasteiger partial charge in [0, 0.05) is 6.92 Å². The molecule has 1 N–H and O–H groups in total. The molecule has 1 aromatic carbocycles. The SMILES string of the molecule is CC(=O)NC(C(=O)[O-])c1ccccc1.[Na+]. The fourth-order valence-electron chi connectivity index (χ4n) is 1.13. The zero-order valence-electron chi connectivity index (χ0n) is 8.69. The topological polar surface area (TPSA) is 69.2 Å². The quantitative estimate of drug-likeness (QED) is 0.535. The fraction of sp³-hybridized carbons (Fsp3) is 0.200. The van der Waals surface area contributed by atoms with Crippen LogP contribution in [0, 0.1) is 0 Å². The number of hydrogen-bond acceptors (Lipinski definition) is 3. The van der Waals surface area contributed by atoms with Crippen molar-refractivity contribution < 1.29 is 44.3 Å². The van der Waals surface area contributed by atoms with Crippen molar-refractivity contribution >= 4 is 11.9 Å². The minimum Gasteiger partial charge on any atom is -0.548 e. The minimum atomic E-state index is -1.31. The molecule has 0 radical (unpaired) electrons. The Morgan fingerprint density at radius 3 is 2.20 bits per heavy atom. The van der Waals surface area contributed by atoms with Crippen molar-refractivity contribution in [3.8, 4) is 0 Å². The molecule has 1 atom stereocenters. The molecular weight excluding hydrogens is 205 g/mol. The molecular formula is C10H10NNaO3. The molecule has 0 aliphatic carbocycles. The molecule has 0 saturated heterocycles. The van der Waals surface area contributed by atoms with Crippen LogP contribution in [-0.2, 0) is 9.59 Å². The second kappa shape index (κ2) is 6.61. The average molecular weight is 215 g/mol. The van der Waals surface area contributed by atoms with E-state index in [0.717, 1.165) is 0 Å². The van der Waals surface area contributed by atoms with Crippen LogP contribution >= 0.6 is 0 Å². The number of rotatable bonds is 3. The van der Waals surface area contributed by atoms with Crippen molar-refractivity contribution in [3.63, 3.8) is 0 Å². The Morgan fingerprint density at radius 1 is 1.27 bits per heavy atom. The number of benzene rings is 1. The Balaban J connectivity index is 0.00000196. The molecule has 1 aromatic rings. The number of carbonyl (C=O) groups excluding carboxylic acids is 2. The summed E-state index contributed by atoms with van der Waals surface area (Å²) in [7, 11) is 0. The third kappa shape index (κ3) is 4.46. The number of carboxylic acid groups (broad SMARTS) is 1. The van der Waals surface area contributed by atoms with E-state index in [-0.39, 0.29) is 29.6 Å². The number of carbonyl (C=O) groups is 2. The number of aliphatic carboxylic acids is 1. The van der Waals surface area contributed by atoms with E-state index in [9.17, 15) is 14.7 Å². The van der Waals surface area contributed by atoms with Crippen molar-refractivity contribution in [2.24, 2.45) is 0 Å². The molecule has 0 aliphatic rings. The number of hydrogen-bond donors (Lipinski definition) is 1. The van der Waals surface area contributed by atoms with E-state index < -0.39 is 17.9 Å². The molecule has 0 aliphatic heterocycles. The van der Waals surface area contributed by atoms with E-state index in [2.05, 4.69) is 5.32 Å². The Hall–Kier alpha value is -0.840. The number of carboxylic acids is 1. The van der Waals surface area contributed by atoms with Crippen molar-refractivity contribution in [1.82, 2.24) is 5.32 Å². The molecule has 0 heterocycles. The maximum Gasteiger partial charge on any atom is 1.00 e. The van der Waals surface area contributed by atoms with Gasteiger partial charge in [0.05, 0.1) is 12.0 Å². The van der Waals surface area contributed by atoms with Gasteiger partial charge in [0.25, 0.3) is 0 Å². The van der Waals surface area contributed by atoms with E-state index >= 15 is 0 Å². The van der Waals surface area contributed by atoms with Gasteiger partial charge in [-0.3, -0.25) is 4.79 Å². The molecule has 1 rings (SSSR count). The molecule has 1 unspecified atom stereocenters. The predicted molar refractivity (Wildman–Crippen MR) is 48.0 cm³/mol. The molecule has 0 spiro atoms. The minimum absolute atomic E-state index is 0. The summed E-state index contributed by atoms with van der Waals surface area (Å²) in [6.07, 6.45) is 0. The van der Waals surface area contributed by atoms with Crippen LogP contribution in [0.3, 0.4) is 0 Å². The molecule has 0 bridgehead atoms. The maximum atomic E-state index is 10.7. The van der Waals surface area contributed by atoms with Gasteiger partial charge in [-0.1, -0.05) is 30.3 Å². The summed E-state index contributed by atoms with van der Waals surface area (Å²) < 4.78 is 0. The van der Waals surface area contributed by atoms with Gasteiger partial charge in [0.1, 0.15) is 0 Å². The molecule has 5 heteroatoms. The average Bonchev–Trinajstić information content (AvgIpc) is 2.15. The largest absolute Gasteiger partial charge is 1.00 e. The van der Waals surface area contributed by atoms with E-state index in [0.29, 0.717) is 5.56 Å². The van der Waals surface area contributed by atoms with Gasteiger partial charge in [0.15, 0.2) is 0 Å². The van der Waals surface area contributed by atoms with Crippen molar-refractivity contribution in [3.05, 3.63) is 35.9 Å². The van der Waals surface area contributed by atoms with Gasteiger partial charge in [0.2, 0.25) is 5.91 Å². The summed E-state index contributed by atoms with van der Waals surface area (Å²) in [5, 5.41) is 13.0. The van der Waals surface area contributed by atoms with Crippen LogP contribution in [0.1, 0.15) is 18.5 Å². The van der Waals surface area contributed by atoms with E-state index in [4.69, 9.17) is 0 Å². The fourth-order valence-corrected chi connectivity index (χ4v) is 1.13. The van der Waals surface area contributed by atoms with E-state index in [1.54, 1.807) is 30.3 Å². The summed E-state index contributed by atoms with van der Waals surface area (Å²) in [5.74, 6) is -1.71. The van der Waals surface area contributed by atoms with E-state index in [1.807, 2.05) is 0 Å². The molecule has 4 nitrogen and oxygen atoms in total. The Labute approximate surface area is 110 Å². The van der Waals surface area contributed by atoms with E-state index in [1.165, 1.54) is 6.92 Å². The van der Waals surface area contributed by atoms with Gasteiger partial charge < -0.3 is 15.2 Å². The van der Waals surface area contributed by atoms with Gasteiger partial charge in [-0.2, -0.15) is 0 Å². The molecule has 15 heavy (non-hydrogen) atoms. The second-order valence-electron chi connectivity index (χ2n) is 2.86. The van der Waals surface area contributed by atoms with Crippen molar-refractivity contribution in [2.75, 3.05) is 0 Å². The third-order valence-electron chi connectivity index (χ3n) is 1.72. The molecule has 1 amide bonds. The molecule has 74 valence electrons. The molecule has 0 fully saturated rings. The first-order valence-electron chi connectivity index (χ1n) is 4.14. The Bertz CT molecular complexity index is 340. The molecule has 0 saturated carbocycles. The number of amides is 1. The number of nitrogens with one attached hydrogen (secondary N) is 1. The van der Waals surface area contributed by atoms with Gasteiger partial charge in [-0.05, 0) is 5.56 Å². The van der Waals surface area contributed by atoms with Gasteiger partial charge in [-0.25, -0.2) is 0 Å². The summed E-state index contributed by atoms with van der Waals surface area (Å²) in [6.45, 7) is 1.26. The zero-order chi connectivity index (χ0) is 10.6. The van der Waals surface area contributed by atoms with Crippen LogP contribution in [0.4, 0.5) is 0 Å². The third-order valence-corrected chi connectivity index (χ3v) is 1.72. The van der Waals surface area contributed by atoms with Crippen LogP contribution in [0.5, 0.6) is 0 Å². The van der Waals surface area contributed by atoms with Gasteiger partial charge in [-0.15, -0.1) is 0 Å². The first-order valence-corrected chi connectivity index (χ1v) is 4.14. The zero-order valence-corrected chi connectivity index (χ0v) is 10.7. The molecule has 0 aromatic heterocycles. The second-order valence-corrected chi connectivity index (χ2v) is 2.86. The van der Waals surface area contributed by atoms with Crippen LogP contribution < -0.4 is 40.0 Å². The Morgan fingerprint density at radius 2 is 1.80 bits per heavy atom. The van der Waals surface area contributed by atoms with Crippen molar-refractivity contribution in [2.45, 2.75) is 13.0 Å². The maximum absolute atomic E-state index is 10.7. The summed E-state index contributed by atoms with van der Waals surface area (Å²) >= 11 is 0. The van der Waals surface area contributed by atoms with Crippen LogP contribution in [0.25, 0.3) is 0 Å². The Kier molecular flexibility index (Phi) is 6.24. The first-order chi connectivity index (χ1) is 6.61. The van der Waals surface area contributed by atoms with Crippen LogP contribution in [0.15, 0.2) is 30.3 Å². The standard InChI is InChI=1S/C10H11NO3.Na/c1-7(12)11-9(10(13)14)8-5-3-2-4-6-8;/h2-6,9H,1H3,(H,11,12)(H,13,14);/q;+1/p-1. The van der Waals surface area contributed by atoms with Crippen molar-refractivity contribution in [1.29, 1.82) is 0 Å². The summed E-state index contributed by atoms with van der Waals surface area (Å²) in [5.41, 5.74) is 0.503. The normalized spacial score (nSPS) is 11.0. The van der Waals surface area contributed by atoms with Crippen LogP contribution in [-0.4, -0.2) is 11.9 Å². The summed E-state index contributed by atoms with van der Waals surface area (Å²) in [4.78, 5) is 21.4.